The molecule has 0 aliphatic rings. The highest BCUT2D eigenvalue weighted by molar-refractivity contribution is 6.30. The molecule has 8 heteroatoms. The van der Waals surface area contributed by atoms with Crippen molar-refractivity contribution in [3.8, 4) is 5.69 Å². The summed E-state index contributed by atoms with van der Waals surface area (Å²) in [4.78, 5) is 29.9. The van der Waals surface area contributed by atoms with E-state index in [0.29, 0.717) is 28.4 Å². The van der Waals surface area contributed by atoms with E-state index >= 15 is 0 Å². The molecule has 0 spiro atoms. The highest BCUT2D eigenvalue weighted by Crippen LogP contribution is 2.19. The zero-order chi connectivity index (χ0) is 22.8. The second-order valence-corrected chi connectivity index (χ2v) is 8.27. The number of carbonyl (C=O) groups excluding carboxylic acids is 1. The molecule has 4 rings (SSSR count). The summed E-state index contributed by atoms with van der Waals surface area (Å²) >= 11 is 5.88. The van der Waals surface area contributed by atoms with E-state index in [2.05, 4.69) is 15.4 Å². The van der Waals surface area contributed by atoms with Crippen molar-refractivity contribution >= 4 is 28.7 Å². The maximum absolute atomic E-state index is 13.0. The molecule has 0 atom stereocenters. The van der Waals surface area contributed by atoms with Crippen LogP contribution in [-0.4, -0.2) is 25.2 Å². The normalized spacial score (nSPS) is 11.1. The number of amides is 1. The third-order valence-electron chi connectivity index (χ3n) is 5.39. The van der Waals surface area contributed by atoms with Gasteiger partial charge in [0.25, 0.3) is 5.56 Å². The van der Waals surface area contributed by atoms with Crippen molar-refractivity contribution in [2.75, 3.05) is 0 Å². The van der Waals surface area contributed by atoms with Gasteiger partial charge in [-0.25, -0.2) is 9.67 Å². The van der Waals surface area contributed by atoms with Crippen LogP contribution < -0.4 is 10.9 Å². The molecule has 0 fully saturated rings. The summed E-state index contributed by atoms with van der Waals surface area (Å²) in [5.41, 5.74) is 5.10. The molecule has 0 saturated carbocycles. The first-order chi connectivity index (χ1) is 15.3. The number of aromatic nitrogens is 4. The van der Waals surface area contributed by atoms with Crippen LogP contribution in [0.25, 0.3) is 16.9 Å². The Kier molecular flexibility index (Phi) is 6.10. The maximum atomic E-state index is 13.0. The molecule has 0 radical (unpaired) electrons. The molecule has 1 N–H and O–H groups in total. The fourth-order valence-corrected chi connectivity index (χ4v) is 3.69. The van der Waals surface area contributed by atoms with E-state index in [1.807, 2.05) is 50.2 Å². The number of nitrogens with zero attached hydrogens (tertiary/aromatic N) is 4. The van der Waals surface area contributed by atoms with E-state index < -0.39 is 0 Å². The van der Waals surface area contributed by atoms with Crippen molar-refractivity contribution in [3.63, 3.8) is 0 Å². The lowest BCUT2D eigenvalue weighted by atomic mass is 10.2. The Morgan fingerprint density at radius 1 is 1.06 bits per heavy atom. The molecular formula is C24H24ClN5O2. The highest BCUT2D eigenvalue weighted by atomic mass is 35.5. The van der Waals surface area contributed by atoms with E-state index in [1.165, 1.54) is 0 Å². The van der Waals surface area contributed by atoms with Gasteiger partial charge in [-0.05, 0) is 43.7 Å². The lowest BCUT2D eigenvalue weighted by Gasteiger charge is -2.09. The molecule has 1 amide bonds. The van der Waals surface area contributed by atoms with Crippen molar-refractivity contribution in [1.82, 2.24) is 24.6 Å². The fraction of sp³-hybridized carbons (Fsp3) is 0.250. The van der Waals surface area contributed by atoms with Gasteiger partial charge in [-0.15, -0.1) is 0 Å². The molecule has 0 unspecified atom stereocenters. The number of carbonyl (C=O) groups is 1. The smallest absolute Gasteiger partial charge is 0.273 e. The second-order valence-electron chi connectivity index (χ2n) is 7.83. The van der Waals surface area contributed by atoms with Crippen LogP contribution in [0.2, 0.25) is 5.02 Å². The summed E-state index contributed by atoms with van der Waals surface area (Å²) in [5.74, 6) is -0.143. The van der Waals surface area contributed by atoms with Gasteiger partial charge in [0.2, 0.25) is 5.91 Å². The average Bonchev–Trinajstić information content (AvgIpc) is 3.11. The number of halogens is 1. The minimum atomic E-state index is -0.226. The second kappa shape index (κ2) is 8.96. The standard InChI is InChI=1S/C24H24ClN5O2/c1-15-4-10-19(11-5-15)30-23-22(16(2)28-30)27-20(24(32)29(23)3)12-13-21(31)26-14-17-6-8-18(25)9-7-17/h4-11H,12-14H2,1-3H3,(H,26,31). The Labute approximate surface area is 190 Å². The molecule has 0 bridgehead atoms. The average molecular weight is 450 g/mol. The Bertz CT molecular complexity index is 1340. The predicted molar refractivity (Wildman–Crippen MR) is 125 cm³/mol. The van der Waals surface area contributed by atoms with Crippen LogP contribution >= 0.6 is 11.6 Å². The van der Waals surface area contributed by atoms with Gasteiger partial charge in [0, 0.05) is 31.5 Å². The van der Waals surface area contributed by atoms with Gasteiger partial charge < -0.3 is 5.32 Å². The van der Waals surface area contributed by atoms with Gasteiger partial charge in [0.15, 0.2) is 5.65 Å². The zero-order valence-corrected chi connectivity index (χ0v) is 19.0. The van der Waals surface area contributed by atoms with Crippen LogP contribution in [0.5, 0.6) is 0 Å². The first-order valence-electron chi connectivity index (χ1n) is 10.4. The van der Waals surface area contributed by atoms with Crippen molar-refractivity contribution in [2.45, 2.75) is 33.2 Å². The van der Waals surface area contributed by atoms with Gasteiger partial charge in [0.1, 0.15) is 11.2 Å². The SMILES string of the molecule is Cc1ccc(-n2nc(C)c3nc(CCC(=O)NCc4ccc(Cl)cc4)c(=O)n(C)c32)cc1. The Balaban J connectivity index is 1.53. The van der Waals surface area contributed by atoms with Crippen LogP contribution in [0.3, 0.4) is 0 Å². The van der Waals surface area contributed by atoms with Gasteiger partial charge in [0.05, 0.1) is 11.4 Å². The molecule has 32 heavy (non-hydrogen) atoms. The van der Waals surface area contributed by atoms with Crippen LogP contribution in [0.4, 0.5) is 0 Å². The molecule has 0 aliphatic carbocycles. The first-order valence-corrected chi connectivity index (χ1v) is 10.7. The molecule has 2 aromatic carbocycles. The molecule has 4 aromatic rings. The summed E-state index contributed by atoms with van der Waals surface area (Å²) in [6, 6.07) is 15.2. The van der Waals surface area contributed by atoms with Crippen molar-refractivity contribution in [1.29, 1.82) is 0 Å². The lowest BCUT2D eigenvalue weighted by Crippen LogP contribution is -2.27. The summed E-state index contributed by atoms with van der Waals surface area (Å²) < 4.78 is 3.30. The lowest BCUT2D eigenvalue weighted by molar-refractivity contribution is -0.121. The van der Waals surface area contributed by atoms with E-state index in [9.17, 15) is 9.59 Å². The number of hydrogen-bond acceptors (Lipinski definition) is 4. The summed E-state index contributed by atoms with van der Waals surface area (Å²) in [6.07, 6.45) is 0.427. The van der Waals surface area contributed by atoms with E-state index in [1.54, 1.807) is 28.4 Å². The Morgan fingerprint density at radius 3 is 2.44 bits per heavy atom. The molecule has 164 valence electrons. The molecule has 0 aliphatic heterocycles. The Hall–Kier alpha value is -3.45. The van der Waals surface area contributed by atoms with Crippen LogP contribution in [0.1, 0.15) is 28.9 Å². The van der Waals surface area contributed by atoms with Gasteiger partial charge >= 0.3 is 0 Å². The van der Waals surface area contributed by atoms with Crippen molar-refractivity contribution in [3.05, 3.63) is 86.4 Å². The van der Waals surface area contributed by atoms with Gasteiger partial charge in [-0.1, -0.05) is 41.4 Å². The third kappa shape index (κ3) is 4.43. The maximum Gasteiger partial charge on any atom is 0.273 e. The molecule has 7 nitrogen and oxygen atoms in total. The predicted octanol–water partition coefficient (Wildman–Crippen LogP) is 3.64. The largest absolute Gasteiger partial charge is 0.352 e. The third-order valence-corrected chi connectivity index (χ3v) is 5.64. The fourth-order valence-electron chi connectivity index (χ4n) is 3.56. The van der Waals surface area contributed by atoms with Gasteiger partial charge in [-0.2, -0.15) is 5.10 Å². The van der Waals surface area contributed by atoms with Crippen LogP contribution in [0.15, 0.2) is 53.3 Å². The van der Waals surface area contributed by atoms with E-state index in [0.717, 1.165) is 22.5 Å². The van der Waals surface area contributed by atoms with E-state index in [4.69, 9.17) is 11.6 Å². The highest BCUT2D eigenvalue weighted by Gasteiger charge is 2.18. The minimum absolute atomic E-state index is 0.143. The number of benzene rings is 2. The van der Waals surface area contributed by atoms with Gasteiger partial charge in [-0.3, -0.25) is 14.2 Å². The summed E-state index contributed by atoms with van der Waals surface area (Å²) in [7, 11) is 1.71. The summed E-state index contributed by atoms with van der Waals surface area (Å²) in [5, 5.41) is 8.12. The minimum Gasteiger partial charge on any atom is -0.352 e. The topological polar surface area (TPSA) is 81.8 Å². The number of rotatable bonds is 6. The Morgan fingerprint density at radius 2 is 1.75 bits per heavy atom. The van der Waals surface area contributed by atoms with Crippen LogP contribution in [-0.2, 0) is 24.8 Å². The van der Waals surface area contributed by atoms with Crippen LogP contribution in [0, 0.1) is 13.8 Å². The zero-order valence-electron chi connectivity index (χ0n) is 18.2. The summed E-state index contributed by atoms with van der Waals surface area (Å²) in [6.45, 7) is 4.29. The molecule has 2 aromatic heterocycles. The molecule has 0 saturated heterocycles. The molecular weight excluding hydrogens is 426 g/mol. The first kappa shape index (κ1) is 21.8. The van der Waals surface area contributed by atoms with Crippen molar-refractivity contribution in [2.24, 2.45) is 7.05 Å². The number of fused-ring (bicyclic) bond motifs is 1. The number of aryl methyl sites for hydroxylation is 4. The van der Waals surface area contributed by atoms with E-state index in [-0.39, 0.29) is 24.3 Å². The monoisotopic (exact) mass is 449 g/mol. The quantitative estimate of drug-likeness (QED) is 0.487. The van der Waals surface area contributed by atoms with Crippen molar-refractivity contribution < 1.29 is 4.79 Å². The molecule has 2 heterocycles. The number of hydrogen-bond donors (Lipinski definition) is 1. The number of nitrogens with one attached hydrogen (secondary N) is 1.